The van der Waals surface area contributed by atoms with Gasteiger partial charge in [-0.15, -0.1) is 0 Å². The first-order chi connectivity index (χ1) is 10.7. The summed E-state index contributed by atoms with van der Waals surface area (Å²) >= 11 is 5.77. The maximum atomic E-state index is 13.7. The van der Waals surface area contributed by atoms with Crippen molar-refractivity contribution in [2.75, 3.05) is 4.72 Å². The third-order valence-electron chi connectivity index (χ3n) is 2.80. The van der Waals surface area contributed by atoms with Gasteiger partial charge in [0.2, 0.25) is 0 Å². The van der Waals surface area contributed by atoms with Crippen molar-refractivity contribution in [2.24, 2.45) is 0 Å². The number of hydrogen-bond acceptors (Lipinski definition) is 4. The summed E-state index contributed by atoms with van der Waals surface area (Å²) in [6.45, 7) is 0. The summed E-state index contributed by atoms with van der Waals surface area (Å²) in [6.07, 6.45) is 0. The molecule has 2 aromatic rings. The Balaban J connectivity index is 2.46. The lowest BCUT2D eigenvalue weighted by molar-refractivity contribution is 0.551. The van der Waals surface area contributed by atoms with Crippen LogP contribution in [0.5, 0.6) is 0 Å². The van der Waals surface area contributed by atoms with Gasteiger partial charge in [-0.3, -0.25) is 4.72 Å². The van der Waals surface area contributed by atoms with Gasteiger partial charge in [-0.2, -0.15) is 0 Å². The van der Waals surface area contributed by atoms with Gasteiger partial charge in [0.15, 0.2) is 0 Å². The maximum absolute atomic E-state index is 13.7. The van der Waals surface area contributed by atoms with E-state index >= 15 is 0 Å². The lowest BCUT2D eigenvalue weighted by Gasteiger charge is -2.12. The molecule has 0 amide bonds. The number of hydrogen-bond donors (Lipinski definition) is 2. The second-order valence-corrected chi connectivity index (χ2v) is 7.54. The van der Waals surface area contributed by atoms with Gasteiger partial charge < -0.3 is 0 Å². The first-order valence-electron chi connectivity index (χ1n) is 6.07. The number of sulfonamides is 1. The van der Waals surface area contributed by atoms with E-state index in [-0.39, 0.29) is 16.3 Å². The van der Waals surface area contributed by atoms with E-state index in [4.69, 9.17) is 11.6 Å². The summed E-state index contributed by atoms with van der Waals surface area (Å²) in [5.74, 6) is -2.61. The number of halogens is 3. The third kappa shape index (κ3) is 4.40. The van der Waals surface area contributed by atoms with Gasteiger partial charge in [-0.1, -0.05) is 17.7 Å². The standard InChI is InChI=1S/C13H10ClF2NO4S2/c14-9-2-1-8(7-22(18)19)12(5-9)17-23(20,21)13-4-3-10(15)6-11(13)16/h1-6,17,22H,7H2. The fourth-order valence-corrected chi connectivity index (χ4v) is 3.69. The highest BCUT2D eigenvalue weighted by molar-refractivity contribution is 7.92. The van der Waals surface area contributed by atoms with Gasteiger partial charge in [-0.05, 0) is 29.8 Å². The molecule has 0 aliphatic heterocycles. The Morgan fingerprint density at radius 1 is 1.09 bits per heavy atom. The molecule has 0 spiro atoms. The minimum atomic E-state index is -4.38. The summed E-state index contributed by atoms with van der Waals surface area (Å²) in [4.78, 5) is -0.767. The van der Waals surface area contributed by atoms with Crippen molar-refractivity contribution in [2.45, 2.75) is 10.6 Å². The van der Waals surface area contributed by atoms with E-state index in [9.17, 15) is 25.6 Å². The fraction of sp³-hybridized carbons (Fsp3) is 0.0769. The number of rotatable bonds is 5. The number of benzene rings is 2. The summed E-state index contributed by atoms with van der Waals surface area (Å²) < 4.78 is 74.8. The molecular formula is C13H10ClF2NO4S2. The molecule has 0 fully saturated rings. The van der Waals surface area contributed by atoms with Crippen LogP contribution in [0, 0.1) is 11.6 Å². The smallest absolute Gasteiger partial charge is 0.264 e. The van der Waals surface area contributed by atoms with Crippen LogP contribution in [0.3, 0.4) is 0 Å². The summed E-state index contributed by atoms with van der Waals surface area (Å²) in [5, 5.41) is 0.159. The van der Waals surface area contributed by atoms with Crippen molar-refractivity contribution < 1.29 is 25.6 Å². The molecule has 0 aliphatic rings. The largest absolute Gasteiger partial charge is 0.279 e. The van der Waals surface area contributed by atoms with Gasteiger partial charge >= 0.3 is 0 Å². The minimum absolute atomic E-state index is 0.0968. The summed E-state index contributed by atoms with van der Waals surface area (Å²) in [5.41, 5.74) is 0.0528. The lowest BCUT2D eigenvalue weighted by Crippen LogP contribution is -2.16. The molecule has 0 aromatic heterocycles. The van der Waals surface area contributed by atoms with E-state index in [2.05, 4.69) is 4.72 Å². The van der Waals surface area contributed by atoms with Crippen molar-refractivity contribution in [3.8, 4) is 0 Å². The molecular weight excluding hydrogens is 372 g/mol. The Morgan fingerprint density at radius 3 is 2.39 bits per heavy atom. The molecule has 124 valence electrons. The molecule has 0 unspecified atom stereocenters. The maximum Gasteiger partial charge on any atom is 0.264 e. The predicted molar refractivity (Wildman–Crippen MR) is 82.6 cm³/mol. The van der Waals surface area contributed by atoms with Crippen LogP contribution in [0.4, 0.5) is 14.5 Å². The zero-order valence-corrected chi connectivity index (χ0v) is 13.8. The Hall–Kier alpha value is -1.71. The molecule has 0 heterocycles. The summed E-state index contributed by atoms with van der Waals surface area (Å²) in [6, 6.07) is 5.94. The van der Waals surface area contributed by atoms with Crippen LogP contribution in [0.1, 0.15) is 5.56 Å². The topological polar surface area (TPSA) is 80.3 Å². The molecule has 5 nitrogen and oxygen atoms in total. The first kappa shape index (κ1) is 17.6. The lowest BCUT2D eigenvalue weighted by atomic mass is 10.2. The Morgan fingerprint density at radius 2 is 1.78 bits per heavy atom. The van der Waals surface area contributed by atoms with Gasteiger partial charge in [0.1, 0.15) is 27.2 Å². The SMILES string of the molecule is O=[SH](=O)Cc1ccc(Cl)cc1NS(=O)(=O)c1ccc(F)cc1F. The van der Waals surface area contributed by atoms with E-state index < -0.39 is 43.0 Å². The van der Waals surface area contributed by atoms with Crippen LogP contribution in [0.15, 0.2) is 41.3 Å². The normalized spacial score (nSPS) is 11.7. The predicted octanol–water partition coefficient (Wildman–Crippen LogP) is 2.53. The molecule has 2 aromatic carbocycles. The van der Waals surface area contributed by atoms with Gasteiger partial charge in [0.25, 0.3) is 10.0 Å². The fourth-order valence-electron chi connectivity index (χ4n) is 1.81. The van der Waals surface area contributed by atoms with Crippen LogP contribution < -0.4 is 4.72 Å². The molecule has 23 heavy (non-hydrogen) atoms. The molecule has 10 heteroatoms. The number of nitrogens with one attached hydrogen (secondary N) is 1. The molecule has 0 aliphatic carbocycles. The molecule has 0 atom stereocenters. The second kappa shape index (κ2) is 6.81. The van der Waals surface area contributed by atoms with Crippen LogP contribution in [0.25, 0.3) is 0 Å². The Labute approximate surface area is 137 Å². The van der Waals surface area contributed by atoms with Crippen LogP contribution >= 0.6 is 11.6 Å². The van der Waals surface area contributed by atoms with E-state index in [0.717, 1.165) is 12.1 Å². The van der Waals surface area contributed by atoms with Gasteiger partial charge in [0, 0.05) is 11.1 Å². The second-order valence-electron chi connectivity index (χ2n) is 4.47. The zero-order valence-electron chi connectivity index (χ0n) is 11.3. The third-order valence-corrected chi connectivity index (χ3v) is 5.03. The van der Waals surface area contributed by atoms with E-state index in [1.807, 2.05) is 0 Å². The number of anilines is 1. The first-order valence-corrected chi connectivity index (χ1v) is 9.29. The van der Waals surface area contributed by atoms with Crippen molar-refractivity contribution in [3.63, 3.8) is 0 Å². The molecule has 1 N–H and O–H groups in total. The monoisotopic (exact) mass is 381 g/mol. The Bertz CT molecular complexity index is 922. The van der Waals surface area contributed by atoms with Crippen molar-refractivity contribution in [3.05, 3.63) is 58.6 Å². The van der Waals surface area contributed by atoms with Crippen LogP contribution in [0.2, 0.25) is 5.02 Å². The van der Waals surface area contributed by atoms with E-state index in [1.54, 1.807) is 0 Å². The quantitative estimate of drug-likeness (QED) is 0.780. The van der Waals surface area contributed by atoms with Gasteiger partial charge in [-0.25, -0.2) is 25.6 Å². The number of thiol groups is 1. The Kier molecular flexibility index (Phi) is 5.23. The minimum Gasteiger partial charge on any atom is -0.279 e. The molecule has 2 rings (SSSR count). The highest BCUT2D eigenvalue weighted by Crippen LogP contribution is 2.26. The van der Waals surface area contributed by atoms with Crippen molar-refractivity contribution in [1.82, 2.24) is 0 Å². The zero-order chi connectivity index (χ0) is 17.2. The molecule has 0 radical (unpaired) electrons. The summed E-state index contributed by atoms with van der Waals surface area (Å²) in [7, 11) is -7.19. The average molecular weight is 382 g/mol. The molecule has 0 bridgehead atoms. The van der Waals surface area contributed by atoms with Crippen molar-refractivity contribution >= 4 is 38.0 Å². The highest BCUT2D eigenvalue weighted by Gasteiger charge is 2.21. The van der Waals surface area contributed by atoms with Crippen LogP contribution in [-0.4, -0.2) is 16.8 Å². The van der Waals surface area contributed by atoms with E-state index in [1.165, 1.54) is 18.2 Å². The molecule has 0 saturated heterocycles. The van der Waals surface area contributed by atoms with Crippen LogP contribution in [-0.2, 0) is 26.5 Å². The van der Waals surface area contributed by atoms with Crippen molar-refractivity contribution in [1.29, 1.82) is 0 Å². The van der Waals surface area contributed by atoms with E-state index in [0.29, 0.717) is 6.07 Å². The highest BCUT2D eigenvalue weighted by atomic mass is 35.5. The van der Waals surface area contributed by atoms with Gasteiger partial charge in [0.05, 0.1) is 11.4 Å². The molecule has 0 saturated carbocycles. The average Bonchev–Trinajstić information content (AvgIpc) is 2.40.